The Hall–Kier alpha value is -1.53. The molecule has 0 radical (unpaired) electrons. The number of anilines is 2. The van der Waals surface area contributed by atoms with Crippen LogP contribution < -0.4 is 11.1 Å². The number of halogens is 2. The predicted octanol–water partition coefficient (Wildman–Crippen LogP) is 3.67. The third kappa shape index (κ3) is 3.08. The first-order chi connectivity index (χ1) is 8.99. The van der Waals surface area contributed by atoms with E-state index in [0.717, 1.165) is 5.56 Å². The molecule has 0 saturated carbocycles. The highest BCUT2D eigenvalue weighted by Crippen LogP contribution is 2.24. The highest BCUT2D eigenvalue weighted by atomic mass is 79.9. The normalized spacial score (nSPS) is 10.3. The molecule has 1 aromatic heterocycles. The maximum Gasteiger partial charge on any atom is 0.140 e. The van der Waals surface area contributed by atoms with Crippen LogP contribution in [0, 0.1) is 12.7 Å². The van der Waals surface area contributed by atoms with Crippen molar-refractivity contribution in [3.05, 3.63) is 51.9 Å². The monoisotopic (exact) mass is 339 g/mol. The number of benzene rings is 1. The van der Waals surface area contributed by atoms with Crippen LogP contribution in [-0.2, 0) is 0 Å². The third-order valence-electron chi connectivity index (χ3n) is 2.59. The Morgan fingerprint density at radius 2 is 2.16 bits per heavy atom. The van der Waals surface area contributed by atoms with Crippen molar-refractivity contribution in [1.29, 1.82) is 0 Å². The van der Waals surface area contributed by atoms with Gasteiger partial charge in [0.05, 0.1) is 10.0 Å². The van der Waals surface area contributed by atoms with Gasteiger partial charge in [0.25, 0.3) is 0 Å². The zero-order valence-corrected chi connectivity index (χ0v) is 12.5. The number of aromatic nitrogens is 1. The van der Waals surface area contributed by atoms with Crippen molar-refractivity contribution in [1.82, 2.24) is 4.98 Å². The van der Waals surface area contributed by atoms with E-state index in [-0.39, 0.29) is 10.8 Å². The van der Waals surface area contributed by atoms with Crippen LogP contribution >= 0.6 is 28.1 Å². The molecule has 98 valence electrons. The molecular weight excluding hydrogens is 329 g/mol. The molecule has 3 nitrogen and oxygen atoms in total. The van der Waals surface area contributed by atoms with Crippen molar-refractivity contribution in [3.63, 3.8) is 0 Å². The Morgan fingerprint density at radius 3 is 2.79 bits per heavy atom. The number of nitrogens with one attached hydrogen (secondary N) is 1. The van der Waals surface area contributed by atoms with E-state index in [1.807, 2.05) is 13.0 Å². The molecule has 1 heterocycles. The summed E-state index contributed by atoms with van der Waals surface area (Å²) in [6.45, 7) is 1.89. The lowest BCUT2D eigenvalue weighted by atomic mass is 10.1. The van der Waals surface area contributed by atoms with Crippen LogP contribution in [0.4, 0.5) is 15.9 Å². The van der Waals surface area contributed by atoms with Crippen molar-refractivity contribution >= 4 is 44.6 Å². The highest BCUT2D eigenvalue weighted by molar-refractivity contribution is 9.10. The van der Waals surface area contributed by atoms with Crippen LogP contribution in [0.25, 0.3) is 0 Å². The Morgan fingerprint density at radius 1 is 1.42 bits per heavy atom. The number of nitrogens with two attached hydrogens (primary N) is 1. The minimum absolute atomic E-state index is 0.255. The summed E-state index contributed by atoms with van der Waals surface area (Å²) in [5.41, 5.74) is 7.86. The maximum absolute atomic E-state index is 13.5. The van der Waals surface area contributed by atoms with Gasteiger partial charge < -0.3 is 11.1 Å². The summed E-state index contributed by atoms with van der Waals surface area (Å²) in [7, 11) is 0. The number of aryl methyl sites for hydroxylation is 1. The molecule has 0 amide bonds. The van der Waals surface area contributed by atoms with Gasteiger partial charge in [0, 0.05) is 11.9 Å². The van der Waals surface area contributed by atoms with E-state index < -0.39 is 0 Å². The molecule has 2 rings (SSSR count). The summed E-state index contributed by atoms with van der Waals surface area (Å²) < 4.78 is 13.9. The fourth-order valence-corrected chi connectivity index (χ4v) is 2.18. The average molecular weight is 340 g/mol. The van der Waals surface area contributed by atoms with E-state index in [2.05, 4.69) is 26.2 Å². The second-order valence-electron chi connectivity index (χ2n) is 3.97. The summed E-state index contributed by atoms with van der Waals surface area (Å²) in [5, 5.41) is 3.02. The molecule has 0 atom stereocenters. The lowest BCUT2D eigenvalue weighted by Crippen LogP contribution is -2.14. The second-order valence-corrected chi connectivity index (χ2v) is 5.26. The molecule has 0 unspecified atom stereocenters. The van der Waals surface area contributed by atoms with Crippen LogP contribution in [0.1, 0.15) is 11.1 Å². The number of hydrogen-bond acceptors (Lipinski definition) is 3. The number of nitrogens with zero attached hydrogens (tertiary/aromatic N) is 1. The number of rotatable bonds is 3. The molecule has 0 aliphatic carbocycles. The van der Waals surface area contributed by atoms with E-state index in [9.17, 15) is 4.39 Å². The fourth-order valence-electron chi connectivity index (χ4n) is 1.67. The van der Waals surface area contributed by atoms with Crippen LogP contribution in [0.3, 0.4) is 0 Å². The lowest BCUT2D eigenvalue weighted by molar-refractivity contribution is 0.622. The smallest absolute Gasteiger partial charge is 0.140 e. The molecule has 0 bridgehead atoms. The molecular formula is C13H11BrFN3S. The Balaban J connectivity index is 2.40. The van der Waals surface area contributed by atoms with Gasteiger partial charge in [0.2, 0.25) is 0 Å². The second kappa shape index (κ2) is 5.63. The minimum atomic E-state index is -0.352. The van der Waals surface area contributed by atoms with Crippen LogP contribution in [0.2, 0.25) is 0 Å². The summed E-state index contributed by atoms with van der Waals surface area (Å²) in [6.07, 6.45) is 1.65. The molecule has 0 saturated heterocycles. The first-order valence-electron chi connectivity index (χ1n) is 5.46. The van der Waals surface area contributed by atoms with Gasteiger partial charge in [-0.1, -0.05) is 12.2 Å². The van der Waals surface area contributed by atoms with Crippen LogP contribution in [0.5, 0.6) is 0 Å². The molecule has 0 aliphatic heterocycles. The number of hydrogen-bond donors (Lipinski definition) is 2. The molecule has 6 heteroatoms. The third-order valence-corrected chi connectivity index (χ3v) is 3.44. The van der Waals surface area contributed by atoms with Gasteiger partial charge in [-0.25, -0.2) is 9.37 Å². The maximum atomic E-state index is 13.5. The van der Waals surface area contributed by atoms with E-state index in [0.29, 0.717) is 21.5 Å². The summed E-state index contributed by atoms with van der Waals surface area (Å²) >= 11 is 8.12. The van der Waals surface area contributed by atoms with E-state index in [1.165, 1.54) is 6.07 Å². The SMILES string of the molecule is Cc1ccnc(Nc2ccc(Br)c(F)c2)c1C(N)=S. The van der Waals surface area contributed by atoms with E-state index in [4.69, 9.17) is 18.0 Å². The molecule has 2 aromatic rings. The van der Waals surface area contributed by atoms with Crippen molar-refractivity contribution in [2.45, 2.75) is 6.92 Å². The average Bonchev–Trinajstić information content (AvgIpc) is 2.33. The van der Waals surface area contributed by atoms with Gasteiger partial charge in [-0.05, 0) is 52.7 Å². The fraction of sp³-hybridized carbons (Fsp3) is 0.0769. The van der Waals surface area contributed by atoms with Crippen molar-refractivity contribution in [3.8, 4) is 0 Å². The van der Waals surface area contributed by atoms with Gasteiger partial charge in [-0.2, -0.15) is 0 Å². The zero-order chi connectivity index (χ0) is 14.0. The molecule has 0 aliphatic rings. The van der Waals surface area contributed by atoms with Crippen molar-refractivity contribution < 1.29 is 4.39 Å². The Labute approximate surface area is 124 Å². The van der Waals surface area contributed by atoms with Crippen molar-refractivity contribution in [2.75, 3.05) is 5.32 Å². The van der Waals surface area contributed by atoms with Gasteiger partial charge in [0.15, 0.2) is 0 Å². The Kier molecular flexibility index (Phi) is 4.11. The van der Waals surface area contributed by atoms with Crippen molar-refractivity contribution in [2.24, 2.45) is 5.73 Å². The van der Waals surface area contributed by atoms with Crippen LogP contribution in [0.15, 0.2) is 34.9 Å². The first-order valence-corrected chi connectivity index (χ1v) is 6.66. The zero-order valence-electron chi connectivity index (χ0n) is 10.1. The summed E-state index contributed by atoms with van der Waals surface area (Å²) in [6, 6.07) is 6.55. The molecule has 0 spiro atoms. The molecule has 1 aromatic carbocycles. The van der Waals surface area contributed by atoms with Crippen LogP contribution in [-0.4, -0.2) is 9.97 Å². The number of thiocarbonyl (C=S) groups is 1. The largest absolute Gasteiger partial charge is 0.389 e. The van der Waals surface area contributed by atoms with Gasteiger partial charge in [-0.3, -0.25) is 0 Å². The van der Waals surface area contributed by atoms with Gasteiger partial charge in [-0.15, -0.1) is 0 Å². The summed E-state index contributed by atoms with van der Waals surface area (Å²) in [4.78, 5) is 4.45. The quantitative estimate of drug-likeness (QED) is 0.837. The van der Waals surface area contributed by atoms with E-state index >= 15 is 0 Å². The number of pyridine rings is 1. The topological polar surface area (TPSA) is 50.9 Å². The lowest BCUT2D eigenvalue weighted by Gasteiger charge is -2.12. The summed E-state index contributed by atoms with van der Waals surface area (Å²) in [5.74, 6) is 0.170. The molecule has 19 heavy (non-hydrogen) atoms. The van der Waals surface area contributed by atoms with Gasteiger partial charge >= 0.3 is 0 Å². The van der Waals surface area contributed by atoms with E-state index in [1.54, 1.807) is 18.3 Å². The van der Waals surface area contributed by atoms with Gasteiger partial charge in [0.1, 0.15) is 16.6 Å². The first kappa shape index (κ1) is 13.9. The molecule has 3 N–H and O–H groups in total. The Bertz CT molecular complexity index is 646. The highest BCUT2D eigenvalue weighted by Gasteiger charge is 2.10. The predicted molar refractivity (Wildman–Crippen MR) is 82.2 cm³/mol. The minimum Gasteiger partial charge on any atom is -0.389 e. The molecule has 0 fully saturated rings. The standard InChI is InChI=1S/C13H11BrFN3S/c1-7-4-5-17-13(11(7)12(16)19)18-8-2-3-9(14)10(15)6-8/h2-6H,1H3,(H2,16,19)(H,17,18).